The van der Waals surface area contributed by atoms with E-state index in [9.17, 15) is 14.4 Å². The normalized spacial score (nSPS) is 14.4. The molecule has 2 heterocycles. The monoisotopic (exact) mass is 634 g/mol. The number of aryl methyl sites for hydroxylation is 1. The van der Waals surface area contributed by atoms with E-state index in [1.807, 2.05) is 51.1 Å². The summed E-state index contributed by atoms with van der Waals surface area (Å²) in [4.78, 5) is 46.6. The van der Waals surface area contributed by atoms with Crippen LogP contribution in [0, 0.1) is 12.8 Å². The lowest BCUT2D eigenvalue weighted by Gasteiger charge is -2.33. The lowest BCUT2D eigenvalue weighted by molar-refractivity contribution is -0.142. The summed E-state index contributed by atoms with van der Waals surface area (Å²) in [5.74, 6) is 0.134. The molecular formula is C35H43ClN4O5. The summed E-state index contributed by atoms with van der Waals surface area (Å²) in [7, 11) is 2.99. The molecule has 0 saturated carbocycles. The van der Waals surface area contributed by atoms with Crippen molar-refractivity contribution in [1.29, 1.82) is 0 Å². The summed E-state index contributed by atoms with van der Waals surface area (Å²) in [5, 5.41) is 3.13. The maximum atomic E-state index is 13.0. The molecule has 1 aromatic heterocycles. The summed E-state index contributed by atoms with van der Waals surface area (Å²) < 4.78 is 10.5. The number of carbonyl (C=O) groups excluding carboxylic acids is 3. The molecule has 1 saturated heterocycles. The Morgan fingerprint density at radius 3 is 2.33 bits per heavy atom. The van der Waals surface area contributed by atoms with E-state index in [0.29, 0.717) is 28.7 Å². The molecule has 1 aliphatic heterocycles. The van der Waals surface area contributed by atoms with E-state index in [0.717, 1.165) is 54.9 Å². The summed E-state index contributed by atoms with van der Waals surface area (Å²) in [6, 6.07) is 18.2. The number of halogens is 1. The van der Waals surface area contributed by atoms with E-state index in [4.69, 9.17) is 26.1 Å². The minimum atomic E-state index is -0.851. The molecule has 3 aromatic rings. The quantitative estimate of drug-likeness (QED) is 0.272. The minimum Gasteiger partial charge on any atom is -0.467 e. The van der Waals surface area contributed by atoms with Gasteiger partial charge in [-0.2, -0.15) is 0 Å². The molecule has 2 amide bonds. The van der Waals surface area contributed by atoms with Crippen LogP contribution in [-0.4, -0.2) is 61.8 Å². The predicted molar refractivity (Wildman–Crippen MR) is 177 cm³/mol. The first kappa shape index (κ1) is 33.8. The third-order valence-corrected chi connectivity index (χ3v) is 8.21. The van der Waals surface area contributed by atoms with E-state index >= 15 is 0 Å². The van der Waals surface area contributed by atoms with Crippen molar-refractivity contribution in [2.75, 3.05) is 37.0 Å². The highest BCUT2D eigenvalue weighted by atomic mass is 35.5. The lowest BCUT2D eigenvalue weighted by atomic mass is 9.91. The van der Waals surface area contributed by atoms with Crippen LogP contribution in [0.5, 0.6) is 0 Å². The van der Waals surface area contributed by atoms with Gasteiger partial charge >= 0.3 is 12.1 Å². The number of benzene rings is 2. The maximum Gasteiger partial charge on any atom is 0.415 e. The van der Waals surface area contributed by atoms with Crippen LogP contribution in [-0.2, 0) is 27.1 Å². The second kappa shape index (κ2) is 14.8. The van der Waals surface area contributed by atoms with Crippen LogP contribution in [0.2, 0.25) is 5.02 Å². The van der Waals surface area contributed by atoms with E-state index < -0.39 is 29.6 Å². The van der Waals surface area contributed by atoms with Crippen molar-refractivity contribution >= 4 is 41.1 Å². The van der Waals surface area contributed by atoms with E-state index in [-0.39, 0.29) is 0 Å². The van der Waals surface area contributed by atoms with Crippen molar-refractivity contribution in [2.24, 2.45) is 5.92 Å². The molecule has 0 unspecified atom stereocenters. The number of anilines is 2. The minimum absolute atomic E-state index is 0.291. The number of nitrogens with one attached hydrogen (secondary N) is 1. The molecule has 2 aromatic carbocycles. The molecule has 9 nitrogen and oxygen atoms in total. The van der Waals surface area contributed by atoms with Crippen molar-refractivity contribution in [3.05, 3.63) is 88.1 Å². The van der Waals surface area contributed by atoms with Crippen LogP contribution in [0.1, 0.15) is 60.8 Å². The van der Waals surface area contributed by atoms with Gasteiger partial charge in [0.25, 0.3) is 5.91 Å². The zero-order valence-corrected chi connectivity index (χ0v) is 27.7. The number of piperidine rings is 1. The second-order valence-electron chi connectivity index (χ2n) is 12.5. The molecular weight excluding hydrogens is 592 g/mol. The van der Waals surface area contributed by atoms with Crippen LogP contribution >= 0.6 is 11.6 Å². The number of methoxy groups -OCH3 is 1. The van der Waals surface area contributed by atoms with E-state index in [2.05, 4.69) is 22.3 Å². The Kier molecular flexibility index (Phi) is 11.1. The SMILES string of the molecule is COC(=O)[C@H](Cc1ccc(N2CCC(Cc3cccc(N(C)C(=O)OC(C)(C)C)n3)CC2)cc1)NC(=O)c1c(C)cccc1Cl. The number of nitrogens with zero attached hydrogens (tertiary/aromatic N) is 3. The third-order valence-electron chi connectivity index (χ3n) is 7.90. The molecule has 0 bridgehead atoms. The standard InChI is InChI=1S/C35H43ClN4O5/c1-23-9-7-11-28(36)31(23)32(41)38-29(33(42)44-6)22-24-13-15-27(16-14-24)40-19-17-25(18-20-40)21-26-10-8-12-30(37-26)39(5)34(43)45-35(2,3)4/h7-16,25,29H,17-22H2,1-6H3,(H,38,41)/t29-/m0/s1. The zero-order chi connectivity index (χ0) is 32.7. The number of pyridine rings is 1. The first-order valence-electron chi connectivity index (χ1n) is 15.2. The van der Waals surface area contributed by atoms with Crippen LogP contribution in [0.15, 0.2) is 60.7 Å². The van der Waals surface area contributed by atoms with Crippen molar-refractivity contribution in [2.45, 2.75) is 65.0 Å². The maximum absolute atomic E-state index is 13.0. The topological polar surface area (TPSA) is 101 Å². The number of carbonyl (C=O) groups is 3. The van der Waals surface area contributed by atoms with Crippen molar-refractivity contribution in [3.63, 3.8) is 0 Å². The Hall–Kier alpha value is -4.11. The average Bonchev–Trinajstić information content (AvgIpc) is 3.00. The van der Waals surface area contributed by atoms with Gasteiger partial charge < -0.3 is 19.7 Å². The number of rotatable bonds is 9. The molecule has 0 aliphatic carbocycles. The Morgan fingerprint density at radius 2 is 1.71 bits per heavy atom. The highest BCUT2D eigenvalue weighted by Crippen LogP contribution is 2.27. The molecule has 1 fully saturated rings. The number of amides is 2. The first-order valence-corrected chi connectivity index (χ1v) is 15.6. The smallest absolute Gasteiger partial charge is 0.415 e. The molecule has 1 atom stereocenters. The Labute approximate surface area is 270 Å². The molecule has 0 spiro atoms. The van der Waals surface area contributed by atoms with Crippen molar-refractivity contribution < 1.29 is 23.9 Å². The fourth-order valence-electron chi connectivity index (χ4n) is 5.45. The summed E-state index contributed by atoms with van der Waals surface area (Å²) in [6.07, 6.45) is 2.75. The molecule has 45 heavy (non-hydrogen) atoms. The van der Waals surface area contributed by atoms with Gasteiger partial charge in [-0.3, -0.25) is 9.69 Å². The van der Waals surface area contributed by atoms with Gasteiger partial charge in [-0.25, -0.2) is 14.6 Å². The highest BCUT2D eigenvalue weighted by molar-refractivity contribution is 6.34. The molecule has 10 heteroatoms. The van der Waals surface area contributed by atoms with Gasteiger partial charge in [0.2, 0.25) is 0 Å². The summed E-state index contributed by atoms with van der Waals surface area (Å²) in [5.41, 5.74) is 3.49. The number of hydrogen-bond donors (Lipinski definition) is 1. The van der Waals surface area contributed by atoms with Gasteiger partial charge in [-0.15, -0.1) is 0 Å². The van der Waals surface area contributed by atoms with Gasteiger partial charge in [-0.05, 0) is 94.3 Å². The zero-order valence-electron chi connectivity index (χ0n) is 26.9. The average molecular weight is 635 g/mol. The fourth-order valence-corrected chi connectivity index (χ4v) is 5.75. The van der Waals surface area contributed by atoms with Crippen LogP contribution in [0.25, 0.3) is 0 Å². The van der Waals surface area contributed by atoms with Gasteiger partial charge in [0, 0.05) is 37.9 Å². The summed E-state index contributed by atoms with van der Waals surface area (Å²) >= 11 is 6.27. The van der Waals surface area contributed by atoms with Gasteiger partial charge in [0.1, 0.15) is 17.5 Å². The first-order chi connectivity index (χ1) is 21.3. The van der Waals surface area contributed by atoms with Crippen molar-refractivity contribution in [1.82, 2.24) is 10.3 Å². The van der Waals surface area contributed by atoms with Gasteiger partial charge in [0.05, 0.1) is 17.7 Å². The molecule has 240 valence electrons. The number of esters is 1. The molecule has 4 rings (SSSR count). The Bertz CT molecular complexity index is 1480. The predicted octanol–water partition coefficient (Wildman–Crippen LogP) is 6.39. The Balaban J connectivity index is 1.32. The number of hydrogen-bond acceptors (Lipinski definition) is 7. The number of ether oxygens (including phenoxy) is 2. The second-order valence-corrected chi connectivity index (χ2v) is 12.9. The Morgan fingerprint density at radius 1 is 1.04 bits per heavy atom. The van der Waals surface area contributed by atoms with Crippen LogP contribution in [0.4, 0.5) is 16.3 Å². The lowest BCUT2D eigenvalue weighted by Crippen LogP contribution is -2.43. The van der Waals surface area contributed by atoms with Crippen LogP contribution in [0.3, 0.4) is 0 Å². The third kappa shape index (κ3) is 9.20. The fraction of sp³-hybridized carbons (Fsp3) is 0.429. The van der Waals surface area contributed by atoms with E-state index in [1.165, 1.54) is 12.0 Å². The van der Waals surface area contributed by atoms with Crippen LogP contribution < -0.4 is 15.1 Å². The molecule has 0 radical (unpaired) electrons. The molecule has 1 aliphatic rings. The highest BCUT2D eigenvalue weighted by Gasteiger charge is 2.26. The number of aromatic nitrogens is 1. The molecule has 1 N–H and O–H groups in total. The van der Waals surface area contributed by atoms with Gasteiger partial charge in [0.15, 0.2) is 0 Å². The summed E-state index contributed by atoms with van der Waals surface area (Å²) in [6.45, 7) is 9.17. The van der Waals surface area contributed by atoms with Crippen molar-refractivity contribution in [3.8, 4) is 0 Å². The largest absolute Gasteiger partial charge is 0.467 e. The van der Waals surface area contributed by atoms with Gasteiger partial charge in [-0.1, -0.05) is 41.9 Å². The van der Waals surface area contributed by atoms with E-state index in [1.54, 1.807) is 32.2 Å².